The third-order valence-electron chi connectivity index (χ3n) is 2.64. The van der Waals surface area contributed by atoms with Gasteiger partial charge in [0.2, 0.25) is 0 Å². The van der Waals surface area contributed by atoms with Gasteiger partial charge in [0.05, 0.1) is 14.2 Å². The summed E-state index contributed by atoms with van der Waals surface area (Å²) in [4.78, 5) is 0. The highest BCUT2D eigenvalue weighted by Gasteiger charge is 2.04. The van der Waals surface area contributed by atoms with E-state index >= 15 is 0 Å². The Hall–Kier alpha value is -0.870. The topological polar surface area (TPSA) is 30.5 Å². The van der Waals surface area contributed by atoms with E-state index in [2.05, 4.69) is 19.2 Å². The molecule has 0 aliphatic carbocycles. The standard InChI is InChI=1S/C14H23NO2S/c1-5-18-10-11(2)15-9-12-6-13(16-3)8-14(7-12)17-4/h6-8,11,15H,5,9-10H2,1-4H3. The fourth-order valence-electron chi connectivity index (χ4n) is 1.61. The van der Waals surface area contributed by atoms with E-state index in [1.54, 1.807) is 14.2 Å². The summed E-state index contributed by atoms with van der Waals surface area (Å²) in [5, 5.41) is 3.50. The van der Waals surface area contributed by atoms with Gasteiger partial charge in [-0.3, -0.25) is 0 Å². The Labute approximate surface area is 114 Å². The quantitative estimate of drug-likeness (QED) is 0.786. The average molecular weight is 269 g/mol. The molecule has 1 aromatic carbocycles. The lowest BCUT2D eigenvalue weighted by Crippen LogP contribution is -2.27. The monoisotopic (exact) mass is 269 g/mol. The zero-order chi connectivity index (χ0) is 13.4. The summed E-state index contributed by atoms with van der Waals surface area (Å²) < 4.78 is 10.5. The van der Waals surface area contributed by atoms with Crippen molar-refractivity contribution in [2.75, 3.05) is 25.7 Å². The SMILES string of the molecule is CCSCC(C)NCc1cc(OC)cc(OC)c1. The molecule has 0 aliphatic rings. The van der Waals surface area contributed by atoms with Crippen molar-refractivity contribution in [1.29, 1.82) is 0 Å². The van der Waals surface area contributed by atoms with Crippen LogP contribution in [0.5, 0.6) is 11.5 Å². The first kappa shape index (κ1) is 15.2. The Morgan fingerprint density at radius 1 is 1.17 bits per heavy atom. The highest BCUT2D eigenvalue weighted by molar-refractivity contribution is 7.99. The number of nitrogens with one attached hydrogen (secondary N) is 1. The van der Waals surface area contributed by atoms with Gasteiger partial charge in [0.25, 0.3) is 0 Å². The van der Waals surface area contributed by atoms with Gasteiger partial charge in [-0.15, -0.1) is 0 Å². The zero-order valence-corrected chi connectivity index (χ0v) is 12.5. The Morgan fingerprint density at radius 2 is 1.78 bits per heavy atom. The van der Waals surface area contributed by atoms with Gasteiger partial charge in [-0.1, -0.05) is 6.92 Å². The van der Waals surface area contributed by atoms with Crippen molar-refractivity contribution in [3.05, 3.63) is 23.8 Å². The molecule has 3 nitrogen and oxygen atoms in total. The Balaban J connectivity index is 2.55. The van der Waals surface area contributed by atoms with E-state index < -0.39 is 0 Å². The van der Waals surface area contributed by atoms with Gasteiger partial charge in [0, 0.05) is 24.4 Å². The van der Waals surface area contributed by atoms with Gasteiger partial charge in [-0.2, -0.15) is 11.8 Å². The van der Waals surface area contributed by atoms with Crippen LogP contribution in [0, 0.1) is 0 Å². The molecule has 1 aromatic rings. The van der Waals surface area contributed by atoms with Gasteiger partial charge in [0.1, 0.15) is 11.5 Å². The fraction of sp³-hybridized carbons (Fsp3) is 0.571. The summed E-state index contributed by atoms with van der Waals surface area (Å²) in [6.45, 7) is 5.23. The molecule has 0 aromatic heterocycles. The van der Waals surface area contributed by atoms with Crippen LogP contribution in [0.25, 0.3) is 0 Å². The lowest BCUT2D eigenvalue weighted by molar-refractivity contribution is 0.393. The second kappa shape index (κ2) is 8.27. The van der Waals surface area contributed by atoms with E-state index in [1.165, 1.54) is 11.3 Å². The van der Waals surface area contributed by atoms with Crippen LogP contribution >= 0.6 is 11.8 Å². The molecule has 4 heteroatoms. The van der Waals surface area contributed by atoms with E-state index in [4.69, 9.17) is 9.47 Å². The molecule has 0 heterocycles. The average Bonchev–Trinajstić information content (AvgIpc) is 2.42. The maximum absolute atomic E-state index is 5.26. The molecule has 102 valence electrons. The predicted molar refractivity (Wildman–Crippen MR) is 78.8 cm³/mol. The molecule has 0 bridgehead atoms. The molecule has 0 fully saturated rings. The lowest BCUT2D eigenvalue weighted by atomic mass is 10.2. The largest absolute Gasteiger partial charge is 0.497 e. The van der Waals surface area contributed by atoms with Crippen molar-refractivity contribution >= 4 is 11.8 Å². The van der Waals surface area contributed by atoms with Crippen LogP contribution < -0.4 is 14.8 Å². The molecule has 18 heavy (non-hydrogen) atoms. The van der Waals surface area contributed by atoms with E-state index in [1.807, 2.05) is 30.0 Å². The summed E-state index contributed by atoms with van der Waals surface area (Å²) in [5.74, 6) is 3.97. The summed E-state index contributed by atoms with van der Waals surface area (Å²) in [5.41, 5.74) is 1.18. The molecule has 1 atom stereocenters. The fourth-order valence-corrected chi connectivity index (χ4v) is 2.32. The van der Waals surface area contributed by atoms with Crippen molar-refractivity contribution in [3.63, 3.8) is 0 Å². The first-order valence-electron chi connectivity index (χ1n) is 6.22. The van der Waals surface area contributed by atoms with Crippen LogP contribution in [-0.4, -0.2) is 31.8 Å². The smallest absolute Gasteiger partial charge is 0.122 e. The number of rotatable bonds is 8. The zero-order valence-electron chi connectivity index (χ0n) is 11.7. The third kappa shape index (κ3) is 5.19. The number of ether oxygens (including phenoxy) is 2. The predicted octanol–water partition coefficient (Wildman–Crippen LogP) is 2.94. The first-order chi connectivity index (χ1) is 8.69. The molecule has 0 aliphatic heterocycles. The summed E-state index contributed by atoms with van der Waals surface area (Å²) >= 11 is 1.95. The van der Waals surface area contributed by atoms with Gasteiger partial charge in [0.15, 0.2) is 0 Å². The molecule has 0 saturated carbocycles. The summed E-state index contributed by atoms with van der Waals surface area (Å²) in [6.07, 6.45) is 0. The van der Waals surface area contributed by atoms with E-state index in [0.29, 0.717) is 6.04 Å². The second-order valence-electron chi connectivity index (χ2n) is 4.16. The molecule has 1 rings (SSSR count). The normalized spacial score (nSPS) is 12.2. The number of methoxy groups -OCH3 is 2. The van der Waals surface area contributed by atoms with Gasteiger partial charge < -0.3 is 14.8 Å². The highest BCUT2D eigenvalue weighted by Crippen LogP contribution is 2.22. The maximum Gasteiger partial charge on any atom is 0.122 e. The molecule has 1 unspecified atom stereocenters. The molecule has 1 N–H and O–H groups in total. The minimum atomic E-state index is 0.507. The number of benzene rings is 1. The van der Waals surface area contributed by atoms with E-state index in [0.717, 1.165) is 23.8 Å². The van der Waals surface area contributed by atoms with Crippen LogP contribution in [0.3, 0.4) is 0 Å². The summed E-state index contributed by atoms with van der Waals surface area (Å²) in [7, 11) is 3.35. The third-order valence-corrected chi connectivity index (χ3v) is 3.78. The van der Waals surface area contributed by atoms with Crippen molar-refractivity contribution in [3.8, 4) is 11.5 Å². The lowest BCUT2D eigenvalue weighted by Gasteiger charge is -2.14. The van der Waals surface area contributed by atoms with Gasteiger partial charge in [-0.05, 0) is 30.4 Å². The highest BCUT2D eigenvalue weighted by atomic mass is 32.2. The van der Waals surface area contributed by atoms with Gasteiger partial charge in [-0.25, -0.2) is 0 Å². The van der Waals surface area contributed by atoms with Crippen LogP contribution in [0.15, 0.2) is 18.2 Å². The van der Waals surface area contributed by atoms with Crippen LogP contribution in [0.1, 0.15) is 19.4 Å². The minimum Gasteiger partial charge on any atom is -0.497 e. The van der Waals surface area contributed by atoms with Crippen molar-refractivity contribution in [2.45, 2.75) is 26.4 Å². The van der Waals surface area contributed by atoms with Crippen LogP contribution in [0.2, 0.25) is 0 Å². The molecule has 0 spiro atoms. The molecule has 0 saturated heterocycles. The molecular formula is C14H23NO2S. The number of hydrogen-bond donors (Lipinski definition) is 1. The van der Waals surface area contributed by atoms with E-state index in [-0.39, 0.29) is 0 Å². The van der Waals surface area contributed by atoms with Crippen molar-refractivity contribution in [2.24, 2.45) is 0 Å². The first-order valence-corrected chi connectivity index (χ1v) is 7.38. The Kier molecular flexibility index (Phi) is 6.98. The molecule has 0 amide bonds. The number of hydrogen-bond acceptors (Lipinski definition) is 4. The molecule has 0 radical (unpaired) electrons. The Bertz CT molecular complexity index is 335. The summed E-state index contributed by atoms with van der Waals surface area (Å²) in [6, 6.07) is 6.47. The number of thioether (sulfide) groups is 1. The molecular weight excluding hydrogens is 246 g/mol. The van der Waals surface area contributed by atoms with Crippen LogP contribution in [-0.2, 0) is 6.54 Å². The minimum absolute atomic E-state index is 0.507. The maximum atomic E-state index is 5.26. The van der Waals surface area contributed by atoms with Crippen molar-refractivity contribution in [1.82, 2.24) is 5.32 Å². The van der Waals surface area contributed by atoms with Crippen molar-refractivity contribution < 1.29 is 9.47 Å². The van der Waals surface area contributed by atoms with E-state index in [9.17, 15) is 0 Å². The second-order valence-corrected chi connectivity index (χ2v) is 5.48. The van der Waals surface area contributed by atoms with Gasteiger partial charge >= 0.3 is 0 Å². The Morgan fingerprint density at radius 3 is 2.28 bits per heavy atom. The van der Waals surface area contributed by atoms with Crippen LogP contribution in [0.4, 0.5) is 0 Å².